The third-order valence-electron chi connectivity index (χ3n) is 3.86. The Morgan fingerprint density at radius 3 is 2.57 bits per heavy atom. The molecule has 1 saturated carbocycles. The van der Waals surface area contributed by atoms with Crippen LogP contribution in [0.25, 0.3) is 0 Å². The van der Waals surface area contributed by atoms with Crippen LogP contribution in [0.15, 0.2) is 42.5 Å². The summed E-state index contributed by atoms with van der Waals surface area (Å²) in [5, 5.41) is 0.170. The van der Waals surface area contributed by atoms with Gasteiger partial charge in [-0.05, 0) is 42.2 Å². The van der Waals surface area contributed by atoms with E-state index in [1.807, 2.05) is 30.3 Å². The Kier molecular flexibility index (Phi) is 4.13. The van der Waals surface area contributed by atoms with Crippen molar-refractivity contribution in [1.29, 1.82) is 0 Å². The Labute approximate surface area is 129 Å². The number of hydrogen-bond acceptors (Lipinski definition) is 2. The van der Waals surface area contributed by atoms with Crippen LogP contribution in [0.2, 0.25) is 5.02 Å². The molecule has 4 heteroatoms. The van der Waals surface area contributed by atoms with Gasteiger partial charge in [-0.3, -0.25) is 4.90 Å². The van der Waals surface area contributed by atoms with E-state index in [1.165, 1.54) is 18.9 Å². The predicted octanol–water partition coefficient (Wildman–Crippen LogP) is 4.23. The lowest BCUT2D eigenvalue weighted by Gasteiger charge is -2.23. The van der Waals surface area contributed by atoms with Gasteiger partial charge < -0.3 is 5.73 Å². The van der Waals surface area contributed by atoms with Gasteiger partial charge in [-0.2, -0.15) is 0 Å². The van der Waals surface area contributed by atoms with E-state index < -0.39 is 0 Å². The van der Waals surface area contributed by atoms with Crippen molar-refractivity contribution in [3.63, 3.8) is 0 Å². The minimum absolute atomic E-state index is 0.170. The molecule has 0 spiro atoms. The molecule has 1 aliphatic carbocycles. The van der Waals surface area contributed by atoms with Gasteiger partial charge in [0.25, 0.3) is 0 Å². The molecule has 0 radical (unpaired) electrons. The first-order valence-electron chi connectivity index (χ1n) is 7.15. The fraction of sp³-hybridized carbons (Fsp3) is 0.294. The molecule has 2 nitrogen and oxygen atoms in total. The Balaban J connectivity index is 1.76. The average Bonchev–Trinajstić information content (AvgIpc) is 3.29. The largest absolute Gasteiger partial charge is 0.398 e. The summed E-state index contributed by atoms with van der Waals surface area (Å²) >= 11 is 5.74. The monoisotopic (exact) mass is 304 g/mol. The maximum atomic E-state index is 13.6. The number of anilines is 1. The average molecular weight is 305 g/mol. The van der Waals surface area contributed by atoms with Crippen molar-refractivity contribution in [1.82, 2.24) is 4.90 Å². The molecule has 3 rings (SSSR count). The lowest BCUT2D eigenvalue weighted by atomic mass is 10.1. The number of rotatable bonds is 5. The predicted molar refractivity (Wildman–Crippen MR) is 84.5 cm³/mol. The lowest BCUT2D eigenvalue weighted by Crippen LogP contribution is -2.25. The number of nitrogen functional groups attached to an aromatic ring is 1. The van der Waals surface area contributed by atoms with Gasteiger partial charge in [0.05, 0.1) is 5.02 Å². The molecule has 2 aromatic rings. The van der Waals surface area contributed by atoms with Crippen LogP contribution in [0.5, 0.6) is 0 Å². The van der Waals surface area contributed by atoms with E-state index in [0.29, 0.717) is 12.6 Å². The molecule has 0 unspecified atom stereocenters. The fourth-order valence-electron chi connectivity index (χ4n) is 2.52. The van der Waals surface area contributed by atoms with Crippen LogP contribution in [0.4, 0.5) is 10.1 Å². The van der Waals surface area contributed by atoms with Gasteiger partial charge in [-0.1, -0.05) is 35.9 Å². The summed E-state index contributed by atoms with van der Waals surface area (Å²) in [6.45, 7) is 1.51. The summed E-state index contributed by atoms with van der Waals surface area (Å²) in [5.41, 5.74) is 8.90. The zero-order chi connectivity index (χ0) is 14.8. The third-order valence-corrected chi connectivity index (χ3v) is 4.17. The zero-order valence-corrected chi connectivity index (χ0v) is 12.5. The van der Waals surface area contributed by atoms with Crippen LogP contribution in [0.1, 0.15) is 24.0 Å². The van der Waals surface area contributed by atoms with Gasteiger partial charge in [-0.25, -0.2) is 4.39 Å². The van der Waals surface area contributed by atoms with Crippen LogP contribution in [-0.2, 0) is 13.1 Å². The molecular formula is C17H18ClFN2. The maximum absolute atomic E-state index is 13.6. The Bertz CT molecular complexity index is 640. The molecule has 0 aliphatic heterocycles. The SMILES string of the molecule is Nc1ccccc1CN(Cc1ccc(Cl)c(F)c1)C1CC1. The molecule has 21 heavy (non-hydrogen) atoms. The van der Waals surface area contributed by atoms with Crippen molar-refractivity contribution in [2.45, 2.75) is 32.0 Å². The summed E-state index contributed by atoms with van der Waals surface area (Å²) in [5.74, 6) is -0.357. The Hall–Kier alpha value is -1.58. The van der Waals surface area contributed by atoms with E-state index in [0.717, 1.165) is 23.4 Å². The summed E-state index contributed by atoms with van der Waals surface area (Å²) in [7, 11) is 0. The molecule has 2 aromatic carbocycles. The van der Waals surface area contributed by atoms with Crippen molar-refractivity contribution in [2.24, 2.45) is 0 Å². The molecule has 0 bridgehead atoms. The van der Waals surface area contributed by atoms with Gasteiger partial charge in [0, 0.05) is 24.8 Å². The number of nitrogens with zero attached hydrogens (tertiary/aromatic N) is 1. The highest BCUT2D eigenvalue weighted by molar-refractivity contribution is 6.30. The molecule has 0 aromatic heterocycles. The number of benzene rings is 2. The third kappa shape index (κ3) is 3.55. The second kappa shape index (κ2) is 6.04. The second-order valence-corrected chi connectivity index (χ2v) is 5.99. The minimum Gasteiger partial charge on any atom is -0.398 e. The highest BCUT2D eigenvalue weighted by atomic mass is 35.5. The van der Waals surface area contributed by atoms with Crippen LogP contribution in [0, 0.1) is 5.82 Å². The number of hydrogen-bond donors (Lipinski definition) is 1. The number of para-hydroxylation sites is 1. The number of nitrogens with two attached hydrogens (primary N) is 1. The van der Waals surface area contributed by atoms with Crippen molar-refractivity contribution in [2.75, 3.05) is 5.73 Å². The normalized spacial score (nSPS) is 14.6. The van der Waals surface area contributed by atoms with Crippen LogP contribution in [0.3, 0.4) is 0 Å². The summed E-state index contributed by atoms with van der Waals surface area (Å²) < 4.78 is 13.6. The first-order chi connectivity index (χ1) is 10.1. The second-order valence-electron chi connectivity index (χ2n) is 5.58. The fourth-order valence-corrected chi connectivity index (χ4v) is 2.64. The van der Waals surface area contributed by atoms with Gasteiger partial charge in [0.2, 0.25) is 0 Å². The topological polar surface area (TPSA) is 29.3 Å². The molecule has 1 aliphatic rings. The van der Waals surface area contributed by atoms with Crippen LogP contribution >= 0.6 is 11.6 Å². The quantitative estimate of drug-likeness (QED) is 0.838. The zero-order valence-electron chi connectivity index (χ0n) is 11.7. The van der Waals surface area contributed by atoms with Crippen molar-refractivity contribution in [3.8, 4) is 0 Å². The summed E-state index contributed by atoms with van der Waals surface area (Å²) in [6, 6.07) is 13.5. The van der Waals surface area contributed by atoms with E-state index in [9.17, 15) is 4.39 Å². The van der Waals surface area contributed by atoms with Crippen LogP contribution in [-0.4, -0.2) is 10.9 Å². The first kappa shape index (κ1) is 14.4. The summed E-state index contributed by atoms with van der Waals surface area (Å²) in [6.07, 6.45) is 2.39. The van der Waals surface area contributed by atoms with Crippen molar-refractivity contribution >= 4 is 17.3 Å². The van der Waals surface area contributed by atoms with E-state index >= 15 is 0 Å². The standard InChI is InChI=1S/C17H18ClFN2/c18-15-8-5-12(9-16(15)19)10-21(14-6-7-14)11-13-3-1-2-4-17(13)20/h1-5,8-9,14H,6-7,10-11,20H2. The molecule has 1 fully saturated rings. The molecule has 0 heterocycles. The Morgan fingerprint density at radius 2 is 1.90 bits per heavy atom. The molecule has 2 N–H and O–H groups in total. The minimum atomic E-state index is -0.357. The lowest BCUT2D eigenvalue weighted by molar-refractivity contribution is 0.246. The van der Waals surface area contributed by atoms with Gasteiger partial charge in [0.15, 0.2) is 0 Å². The molecular weight excluding hydrogens is 287 g/mol. The number of halogens is 2. The van der Waals surface area contributed by atoms with Gasteiger partial charge in [-0.15, -0.1) is 0 Å². The molecule has 110 valence electrons. The maximum Gasteiger partial charge on any atom is 0.142 e. The van der Waals surface area contributed by atoms with E-state index in [-0.39, 0.29) is 10.8 Å². The molecule has 0 atom stereocenters. The highest BCUT2D eigenvalue weighted by Crippen LogP contribution is 2.31. The highest BCUT2D eigenvalue weighted by Gasteiger charge is 2.29. The Morgan fingerprint density at radius 1 is 1.14 bits per heavy atom. The van der Waals surface area contributed by atoms with Crippen LogP contribution < -0.4 is 5.73 Å². The van der Waals surface area contributed by atoms with Gasteiger partial charge in [0.1, 0.15) is 5.82 Å². The van der Waals surface area contributed by atoms with E-state index in [2.05, 4.69) is 4.90 Å². The first-order valence-corrected chi connectivity index (χ1v) is 7.52. The smallest absolute Gasteiger partial charge is 0.142 e. The van der Waals surface area contributed by atoms with Crippen molar-refractivity contribution in [3.05, 3.63) is 64.4 Å². The summed E-state index contributed by atoms with van der Waals surface area (Å²) in [4.78, 5) is 2.36. The van der Waals surface area contributed by atoms with E-state index in [4.69, 9.17) is 17.3 Å². The van der Waals surface area contributed by atoms with Crippen molar-refractivity contribution < 1.29 is 4.39 Å². The van der Waals surface area contributed by atoms with E-state index in [1.54, 1.807) is 6.07 Å². The van der Waals surface area contributed by atoms with Gasteiger partial charge >= 0.3 is 0 Å². The molecule has 0 amide bonds. The molecule has 0 saturated heterocycles.